The molecular weight excluding hydrogens is 298 g/mol. The summed E-state index contributed by atoms with van der Waals surface area (Å²) in [6.07, 6.45) is 3.59. The maximum absolute atomic E-state index is 12.2. The summed E-state index contributed by atoms with van der Waals surface area (Å²) in [5.74, 6) is -0.150. The van der Waals surface area contributed by atoms with Gasteiger partial charge in [-0.15, -0.1) is 5.10 Å². The van der Waals surface area contributed by atoms with E-state index in [9.17, 15) is 4.79 Å². The van der Waals surface area contributed by atoms with Crippen LogP contribution in [0.2, 0.25) is 0 Å². The number of anilines is 1. The first kappa shape index (κ1) is 14.9. The van der Waals surface area contributed by atoms with Crippen LogP contribution in [0.15, 0.2) is 22.9 Å². The normalized spacial score (nSPS) is 11.2. The third-order valence-electron chi connectivity index (χ3n) is 3.23. The Kier molecular flexibility index (Phi) is 3.68. The molecular formula is C14H17N7O2. The quantitative estimate of drug-likeness (QED) is 0.787. The number of nitrogens with zero attached hydrogens (tertiary/aromatic N) is 6. The molecule has 9 nitrogen and oxygen atoms in total. The zero-order valence-corrected chi connectivity index (χ0v) is 13.3. The van der Waals surface area contributed by atoms with Crippen LogP contribution in [0.5, 0.6) is 0 Å². The van der Waals surface area contributed by atoms with Crippen molar-refractivity contribution in [1.29, 1.82) is 0 Å². The summed E-state index contributed by atoms with van der Waals surface area (Å²) in [6, 6.07) is 2.02. The van der Waals surface area contributed by atoms with Crippen LogP contribution in [0, 0.1) is 6.92 Å². The van der Waals surface area contributed by atoms with Crippen molar-refractivity contribution in [3.8, 4) is 11.6 Å². The van der Waals surface area contributed by atoms with Crippen LogP contribution >= 0.6 is 0 Å². The van der Waals surface area contributed by atoms with Gasteiger partial charge < -0.3 is 4.42 Å². The summed E-state index contributed by atoms with van der Waals surface area (Å²) in [6.45, 7) is 5.84. The van der Waals surface area contributed by atoms with E-state index in [0.717, 1.165) is 5.56 Å². The van der Waals surface area contributed by atoms with Crippen molar-refractivity contribution in [2.75, 3.05) is 5.32 Å². The van der Waals surface area contributed by atoms with Crippen molar-refractivity contribution < 1.29 is 9.21 Å². The fourth-order valence-corrected chi connectivity index (χ4v) is 2.10. The number of rotatable bonds is 4. The topological polar surface area (TPSA) is 104 Å². The number of aryl methyl sites for hydroxylation is 2. The van der Waals surface area contributed by atoms with Crippen LogP contribution in [-0.4, -0.2) is 35.7 Å². The highest BCUT2D eigenvalue weighted by molar-refractivity contribution is 6.02. The lowest BCUT2D eigenvalue weighted by Crippen LogP contribution is -2.14. The molecule has 23 heavy (non-hydrogen) atoms. The molecule has 1 N–H and O–H groups in total. The highest BCUT2D eigenvalue weighted by Gasteiger charge is 2.18. The molecule has 0 radical (unpaired) electrons. The lowest BCUT2D eigenvalue weighted by atomic mass is 10.3. The minimum absolute atomic E-state index is 0.00847. The highest BCUT2D eigenvalue weighted by atomic mass is 16.4. The molecule has 0 aliphatic rings. The van der Waals surface area contributed by atoms with Crippen molar-refractivity contribution >= 4 is 11.9 Å². The number of amides is 1. The first-order chi connectivity index (χ1) is 10.9. The average molecular weight is 315 g/mol. The van der Waals surface area contributed by atoms with Gasteiger partial charge in [0, 0.05) is 31.0 Å². The van der Waals surface area contributed by atoms with E-state index in [1.807, 2.05) is 20.0 Å². The van der Waals surface area contributed by atoms with Crippen LogP contribution in [0.25, 0.3) is 11.6 Å². The van der Waals surface area contributed by atoms with Crippen LogP contribution in [0.1, 0.15) is 35.9 Å². The van der Waals surface area contributed by atoms with Gasteiger partial charge in [0.05, 0.1) is 0 Å². The molecule has 0 aliphatic heterocycles. The van der Waals surface area contributed by atoms with Gasteiger partial charge in [-0.3, -0.25) is 19.5 Å². The van der Waals surface area contributed by atoms with E-state index in [1.54, 1.807) is 35.6 Å². The second-order valence-corrected chi connectivity index (χ2v) is 5.48. The van der Waals surface area contributed by atoms with Crippen LogP contribution in [-0.2, 0) is 7.05 Å². The first-order valence-corrected chi connectivity index (χ1v) is 7.14. The standard InChI is InChI=1S/C14H17N7O2/c1-8(2)21-6-5-10(18-21)13-16-17-14(23-13)15-12(22)11-9(3)7-20(4)19-11/h5-8H,1-4H3,(H,15,17,22). The summed E-state index contributed by atoms with van der Waals surface area (Å²) in [7, 11) is 1.75. The summed E-state index contributed by atoms with van der Waals surface area (Å²) in [4.78, 5) is 12.2. The predicted octanol–water partition coefficient (Wildman–Crippen LogP) is 1.81. The van der Waals surface area contributed by atoms with Gasteiger partial charge in [0.1, 0.15) is 5.69 Å². The Morgan fingerprint density at radius 1 is 1.30 bits per heavy atom. The van der Waals surface area contributed by atoms with E-state index >= 15 is 0 Å². The van der Waals surface area contributed by atoms with E-state index in [4.69, 9.17) is 4.42 Å². The van der Waals surface area contributed by atoms with E-state index in [-0.39, 0.29) is 17.9 Å². The summed E-state index contributed by atoms with van der Waals surface area (Å²) in [5, 5.41) is 18.7. The first-order valence-electron chi connectivity index (χ1n) is 7.14. The number of carbonyl (C=O) groups excluding carboxylic acids is 1. The molecule has 0 aromatic carbocycles. The van der Waals surface area contributed by atoms with Crippen molar-refractivity contribution in [1.82, 2.24) is 29.8 Å². The molecule has 3 rings (SSSR count). The number of hydrogen-bond acceptors (Lipinski definition) is 6. The Hall–Kier alpha value is -2.97. The molecule has 3 aromatic rings. The second-order valence-electron chi connectivity index (χ2n) is 5.48. The molecule has 0 unspecified atom stereocenters. The van der Waals surface area contributed by atoms with Gasteiger partial charge >= 0.3 is 6.01 Å². The molecule has 0 saturated heterocycles. The van der Waals surface area contributed by atoms with E-state index < -0.39 is 5.91 Å². The molecule has 1 amide bonds. The predicted molar refractivity (Wildman–Crippen MR) is 81.8 cm³/mol. The van der Waals surface area contributed by atoms with Gasteiger partial charge in [-0.25, -0.2) is 0 Å². The minimum Gasteiger partial charge on any atom is -0.401 e. The Balaban J connectivity index is 1.76. The zero-order chi connectivity index (χ0) is 16.6. The summed E-state index contributed by atoms with van der Waals surface area (Å²) in [5.41, 5.74) is 1.64. The lowest BCUT2D eigenvalue weighted by molar-refractivity contribution is 0.101. The van der Waals surface area contributed by atoms with Gasteiger partial charge in [-0.2, -0.15) is 10.2 Å². The molecule has 0 fully saturated rings. The number of aromatic nitrogens is 6. The van der Waals surface area contributed by atoms with E-state index in [2.05, 4.69) is 25.7 Å². The van der Waals surface area contributed by atoms with E-state index in [0.29, 0.717) is 11.4 Å². The Bertz CT molecular complexity index is 843. The Labute approximate surface area is 132 Å². The number of nitrogens with one attached hydrogen (secondary N) is 1. The van der Waals surface area contributed by atoms with Crippen molar-refractivity contribution in [2.45, 2.75) is 26.8 Å². The molecule has 3 heterocycles. The van der Waals surface area contributed by atoms with E-state index in [1.165, 1.54) is 0 Å². The van der Waals surface area contributed by atoms with Crippen molar-refractivity contribution in [3.63, 3.8) is 0 Å². The lowest BCUT2D eigenvalue weighted by Gasteiger charge is -2.02. The van der Waals surface area contributed by atoms with Gasteiger partial charge in [0.25, 0.3) is 11.8 Å². The van der Waals surface area contributed by atoms with Crippen LogP contribution < -0.4 is 5.32 Å². The minimum atomic E-state index is -0.397. The molecule has 120 valence electrons. The zero-order valence-electron chi connectivity index (χ0n) is 13.3. The summed E-state index contributed by atoms with van der Waals surface area (Å²) < 4.78 is 8.80. The highest BCUT2D eigenvalue weighted by Crippen LogP contribution is 2.19. The fraction of sp³-hybridized carbons (Fsp3) is 0.357. The largest absolute Gasteiger partial charge is 0.401 e. The van der Waals surface area contributed by atoms with Crippen LogP contribution in [0.3, 0.4) is 0 Å². The number of carbonyl (C=O) groups is 1. The molecule has 0 saturated carbocycles. The Morgan fingerprint density at radius 2 is 2.09 bits per heavy atom. The van der Waals surface area contributed by atoms with Crippen molar-refractivity contribution in [2.24, 2.45) is 7.05 Å². The monoisotopic (exact) mass is 315 g/mol. The van der Waals surface area contributed by atoms with Gasteiger partial charge in [0.15, 0.2) is 5.69 Å². The average Bonchev–Trinajstić information content (AvgIpc) is 3.17. The van der Waals surface area contributed by atoms with Crippen molar-refractivity contribution in [3.05, 3.63) is 29.7 Å². The van der Waals surface area contributed by atoms with Gasteiger partial charge in [0.2, 0.25) is 0 Å². The maximum Gasteiger partial charge on any atom is 0.322 e. The van der Waals surface area contributed by atoms with Gasteiger partial charge in [-0.1, -0.05) is 5.10 Å². The fourth-order valence-electron chi connectivity index (χ4n) is 2.10. The molecule has 3 aromatic heterocycles. The third kappa shape index (κ3) is 2.98. The molecule has 9 heteroatoms. The van der Waals surface area contributed by atoms with Gasteiger partial charge in [-0.05, 0) is 26.8 Å². The Morgan fingerprint density at radius 3 is 2.70 bits per heavy atom. The number of hydrogen-bond donors (Lipinski definition) is 1. The molecule has 0 spiro atoms. The third-order valence-corrected chi connectivity index (χ3v) is 3.23. The smallest absolute Gasteiger partial charge is 0.322 e. The maximum atomic E-state index is 12.2. The molecule has 0 aliphatic carbocycles. The summed E-state index contributed by atoms with van der Waals surface area (Å²) >= 11 is 0. The van der Waals surface area contributed by atoms with Crippen LogP contribution in [0.4, 0.5) is 6.01 Å². The second kappa shape index (κ2) is 5.67. The molecule has 0 bridgehead atoms. The SMILES string of the molecule is Cc1cn(C)nc1C(=O)Nc1nnc(-c2ccn(C(C)C)n2)o1. The molecule has 0 atom stereocenters.